The van der Waals surface area contributed by atoms with Gasteiger partial charge >= 0.3 is 0 Å². The minimum absolute atomic E-state index is 0.0282. The van der Waals surface area contributed by atoms with Crippen molar-refractivity contribution in [3.63, 3.8) is 0 Å². The third-order valence-corrected chi connectivity index (χ3v) is 4.37. The van der Waals surface area contributed by atoms with Crippen LogP contribution < -0.4 is 14.8 Å². The highest BCUT2D eigenvalue weighted by Crippen LogP contribution is 2.30. The number of rotatable bonds is 5. The topological polar surface area (TPSA) is 64.6 Å². The number of benzene rings is 1. The average molecular weight is 317 g/mol. The van der Waals surface area contributed by atoms with E-state index in [1.165, 1.54) is 12.8 Å². The maximum atomic E-state index is 12.3. The second kappa shape index (κ2) is 7.49. The van der Waals surface area contributed by atoms with Crippen LogP contribution in [-0.4, -0.2) is 30.9 Å². The van der Waals surface area contributed by atoms with Crippen LogP contribution in [-0.2, 0) is 4.79 Å². The van der Waals surface area contributed by atoms with E-state index in [0.29, 0.717) is 36.3 Å². The first kappa shape index (κ1) is 15.8. The average Bonchev–Trinajstić information content (AvgIpc) is 2.94. The third-order valence-electron chi connectivity index (χ3n) is 4.37. The Hall–Kier alpha value is -2.04. The lowest BCUT2D eigenvalue weighted by atomic mass is 10.1. The van der Waals surface area contributed by atoms with Gasteiger partial charge in [0.25, 0.3) is 0 Å². The van der Waals surface area contributed by atoms with Gasteiger partial charge < -0.3 is 14.8 Å². The zero-order chi connectivity index (χ0) is 16.1. The number of Topliss-reactive ketones (excluding diaryl/α,β-unsaturated/α-hetero) is 1. The molecule has 124 valence electrons. The molecule has 0 bridgehead atoms. The zero-order valence-electron chi connectivity index (χ0n) is 13.3. The Kier molecular flexibility index (Phi) is 5.16. The molecule has 3 rings (SSSR count). The Morgan fingerprint density at radius 3 is 2.52 bits per heavy atom. The number of hydrogen-bond donors (Lipinski definition) is 1. The lowest BCUT2D eigenvalue weighted by Gasteiger charge is -2.12. The molecule has 0 atom stereocenters. The summed E-state index contributed by atoms with van der Waals surface area (Å²) < 4.78 is 11.2. The van der Waals surface area contributed by atoms with Gasteiger partial charge in [0, 0.05) is 30.9 Å². The Morgan fingerprint density at radius 2 is 1.74 bits per heavy atom. The Bertz CT molecular complexity index is 578. The van der Waals surface area contributed by atoms with E-state index in [1.54, 1.807) is 18.2 Å². The van der Waals surface area contributed by atoms with E-state index in [1.807, 2.05) is 0 Å². The molecule has 0 unspecified atom stereocenters. The number of carbonyl (C=O) groups is 2. The van der Waals surface area contributed by atoms with Crippen LogP contribution in [0.3, 0.4) is 0 Å². The van der Waals surface area contributed by atoms with Crippen LogP contribution in [0.5, 0.6) is 11.5 Å². The van der Waals surface area contributed by atoms with Crippen molar-refractivity contribution in [3.8, 4) is 11.5 Å². The lowest BCUT2D eigenvalue weighted by Crippen LogP contribution is -2.32. The summed E-state index contributed by atoms with van der Waals surface area (Å²) in [5.74, 6) is 1.23. The van der Waals surface area contributed by atoms with Gasteiger partial charge in [0.2, 0.25) is 5.91 Å². The monoisotopic (exact) mass is 317 g/mol. The van der Waals surface area contributed by atoms with Crippen molar-refractivity contribution in [1.82, 2.24) is 5.32 Å². The first-order chi connectivity index (χ1) is 11.2. The van der Waals surface area contributed by atoms with Gasteiger partial charge in [0.15, 0.2) is 17.3 Å². The van der Waals surface area contributed by atoms with Crippen molar-refractivity contribution in [3.05, 3.63) is 23.8 Å². The molecular weight excluding hydrogens is 294 g/mol. The minimum atomic E-state index is -0.0396. The molecule has 1 aromatic rings. The van der Waals surface area contributed by atoms with E-state index in [2.05, 4.69) is 5.32 Å². The van der Waals surface area contributed by atoms with Gasteiger partial charge in [-0.05, 0) is 31.0 Å². The molecule has 1 amide bonds. The fraction of sp³-hybridized carbons (Fsp3) is 0.556. The summed E-state index contributed by atoms with van der Waals surface area (Å²) in [6.45, 7) is 1.22. The van der Waals surface area contributed by atoms with Gasteiger partial charge in [-0.3, -0.25) is 9.59 Å². The van der Waals surface area contributed by atoms with E-state index in [-0.39, 0.29) is 24.5 Å². The van der Waals surface area contributed by atoms with Crippen molar-refractivity contribution < 1.29 is 19.1 Å². The van der Waals surface area contributed by atoms with Crippen LogP contribution in [0.1, 0.15) is 55.3 Å². The second-order valence-corrected chi connectivity index (χ2v) is 6.18. The molecule has 1 fully saturated rings. The summed E-state index contributed by atoms with van der Waals surface area (Å²) >= 11 is 0. The predicted octanol–water partition coefficient (Wildman–Crippen LogP) is 2.87. The summed E-state index contributed by atoms with van der Waals surface area (Å²) in [4.78, 5) is 24.2. The maximum absolute atomic E-state index is 12.3. The smallest absolute Gasteiger partial charge is 0.220 e. The summed E-state index contributed by atoms with van der Waals surface area (Å²) in [6, 6.07) is 5.53. The zero-order valence-corrected chi connectivity index (χ0v) is 13.3. The quantitative estimate of drug-likeness (QED) is 0.848. The standard InChI is InChI=1S/C18H23NO4/c20-15(7-9-18(21)19-14-4-1-2-5-14)13-6-8-16-17(12-13)23-11-3-10-22-16/h6,8,12,14H,1-5,7,9-11H2,(H,19,21). The lowest BCUT2D eigenvalue weighted by molar-refractivity contribution is -0.121. The molecule has 1 aliphatic heterocycles. The summed E-state index contributed by atoms with van der Waals surface area (Å²) in [6.07, 6.45) is 5.77. The molecule has 1 aliphatic carbocycles. The Balaban J connectivity index is 1.53. The number of ether oxygens (including phenoxy) is 2. The van der Waals surface area contributed by atoms with Gasteiger partial charge in [-0.1, -0.05) is 12.8 Å². The van der Waals surface area contributed by atoms with Gasteiger partial charge in [-0.15, -0.1) is 0 Å². The van der Waals surface area contributed by atoms with Gasteiger partial charge in [0.1, 0.15) is 0 Å². The fourth-order valence-electron chi connectivity index (χ4n) is 3.08. The number of amides is 1. The molecule has 2 aliphatic rings. The number of nitrogens with one attached hydrogen (secondary N) is 1. The predicted molar refractivity (Wildman–Crippen MR) is 86.0 cm³/mol. The summed E-state index contributed by atoms with van der Waals surface area (Å²) in [5, 5.41) is 3.01. The molecule has 1 aromatic carbocycles. The normalized spacial score (nSPS) is 17.6. The van der Waals surface area contributed by atoms with Gasteiger partial charge in [-0.2, -0.15) is 0 Å². The number of fused-ring (bicyclic) bond motifs is 1. The highest BCUT2D eigenvalue weighted by molar-refractivity contribution is 5.98. The second-order valence-electron chi connectivity index (χ2n) is 6.18. The fourth-order valence-corrected chi connectivity index (χ4v) is 3.08. The molecular formula is C18H23NO4. The van der Waals surface area contributed by atoms with E-state index in [4.69, 9.17) is 9.47 Å². The SMILES string of the molecule is O=C(CCC(=O)c1ccc2c(c1)OCCCO2)NC1CCCC1. The van der Waals surface area contributed by atoms with Crippen LogP contribution in [0.25, 0.3) is 0 Å². The Morgan fingerprint density at radius 1 is 1.00 bits per heavy atom. The maximum Gasteiger partial charge on any atom is 0.220 e. The molecule has 23 heavy (non-hydrogen) atoms. The molecule has 1 heterocycles. The molecule has 0 aromatic heterocycles. The van der Waals surface area contributed by atoms with Crippen LogP contribution >= 0.6 is 0 Å². The van der Waals surface area contributed by atoms with Crippen molar-refractivity contribution in [2.75, 3.05) is 13.2 Å². The van der Waals surface area contributed by atoms with E-state index in [0.717, 1.165) is 19.3 Å². The van der Waals surface area contributed by atoms with E-state index in [9.17, 15) is 9.59 Å². The molecule has 5 nitrogen and oxygen atoms in total. The highest BCUT2D eigenvalue weighted by atomic mass is 16.5. The van der Waals surface area contributed by atoms with Crippen LogP contribution in [0.2, 0.25) is 0 Å². The molecule has 0 radical (unpaired) electrons. The van der Waals surface area contributed by atoms with Crippen LogP contribution in [0.15, 0.2) is 18.2 Å². The first-order valence-corrected chi connectivity index (χ1v) is 8.44. The number of ketones is 1. The van der Waals surface area contributed by atoms with Crippen molar-refractivity contribution in [1.29, 1.82) is 0 Å². The van der Waals surface area contributed by atoms with Gasteiger partial charge in [-0.25, -0.2) is 0 Å². The van der Waals surface area contributed by atoms with E-state index >= 15 is 0 Å². The highest BCUT2D eigenvalue weighted by Gasteiger charge is 2.18. The third kappa shape index (κ3) is 4.24. The molecule has 5 heteroatoms. The largest absolute Gasteiger partial charge is 0.490 e. The van der Waals surface area contributed by atoms with Crippen molar-refractivity contribution >= 4 is 11.7 Å². The summed E-state index contributed by atoms with van der Waals surface area (Å²) in [7, 11) is 0. The molecule has 0 spiro atoms. The molecule has 1 saturated carbocycles. The first-order valence-electron chi connectivity index (χ1n) is 8.44. The minimum Gasteiger partial charge on any atom is -0.490 e. The van der Waals surface area contributed by atoms with Crippen LogP contribution in [0, 0.1) is 0 Å². The number of hydrogen-bond acceptors (Lipinski definition) is 4. The summed E-state index contributed by atoms with van der Waals surface area (Å²) in [5.41, 5.74) is 0.572. The molecule has 1 N–H and O–H groups in total. The van der Waals surface area contributed by atoms with Crippen molar-refractivity contribution in [2.45, 2.75) is 51.0 Å². The Labute approximate surface area is 136 Å². The van der Waals surface area contributed by atoms with Crippen molar-refractivity contribution in [2.24, 2.45) is 0 Å². The molecule has 0 saturated heterocycles. The van der Waals surface area contributed by atoms with Gasteiger partial charge in [0.05, 0.1) is 13.2 Å². The van der Waals surface area contributed by atoms with E-state index < -0.39 is 0 Å². The van der Waals surface area contributed by atoms with Crippen LogP contribution in [0.4, 0.5) is 0 Å². The number of carbonyl (C=O) groups excluding carboxylic acids is 2.